The molecule has 1 aliphatic heterocycles. The summed E-state index contributed by atoms with van der Waals surface area (Å²) in [6.45, 7) is 11.0. The summed E-state index contributed by atoms with van der Waals surface area (Å²) in [5.41, 5.74) is 0.877. The molecule has 0 bridgehead atoms. The van der Waals surface area contributed by atoms with Crippen LogP contribution in [0.1, 0.15) is 32.6 Å². The Labute approximate surface area is 167 Å². The van der Waals surface area contributed by atoms with Gasteiger partial charge in [0.1, 0.15) is 11.3 Å². The minimum Gasteiger partial charge on any atom is -0.459 e. The lowest BCUT2D eigenvalue weighted by molar-refractivity contribution is -0.123. The summed E-state index contributed by atoms with van der Waals surface area (Å²) >= 11 is 0. The van der Waals surface area contributed by atoms with Crippen LogP contribution in [0.4, 0.5) is 0 Å². The fourth-order valence-corrected chi connectivity index (χ4v) is 3.66. The van der Waals surface area contributed by atoms with E-state index >= 15 is 0 Å². The molecular formula is C22H33N3O3. The van der Waals surface area contributed by atoms with Gasteiger partial charge in [0, 0.05) is 31.6 Å². The molecular weight excluding hydrogens is 354 g/mol. The van der Waals surface area contributed by atoms with E-state index in [0.29, 0.717) is 19.0 Å². The first-order valence-electron chi connectivity index (χ1n) is 10.2. The number of rotatable bonds is 8. The Kier molecular flexibility index (Phi) is 7.10. The van der Waals surface area contributed by atoms with Crippen LogP contribution in [0.15, 0.2) is 34.7 Å². The number of likely N-dealkylation sites (N-methyl/N-ethyl adjacent to an activating group) is 1. The highest BCUT2D eigenvalue weighted by atomic mass is 16.5. The molecule has 0 saturated carbocycles. The number of para-hydroxylation sites is 1. The molecule has 1 fully saturated rings. The lowest BCUT2D eigenvalue weighted by Gasteiger charge is -2.34. The molecule has 1 amide bonds. The first kappa shape index (κ1) is 20.8. The second-order valence-electron chi connectivity index (χ2n) is 8.23. The third-order valence-electron chi connectivity index (χ3n) is 5.28. The first-order valence-corrected chi connectivity index (χ1v) is 10.2. The molecule has 1 saturated heterocycles. The summed E-state index contributed by atoms with van der Waals surface area (Å²) in [6.07, 6.45) is 0.0644. The van der Waals surface area contributed by atoms with E-state index in [2.05, 4.69) is 31.0 Å². The summed E-state index contributed by atoms with van der Waals surface area (Å²) in [7, 11) is 1.94. The van der Waals surface area contributed by atoms with Crippen LogP contribution in [0.25, 0.3) is 11.0 Å². The van der Waals surface area contributed by atoms with Crippen LogP contribution in [0.2, 0.25) is 0 Å². The van der Waals surface area contributed by atoms with Gasteiger partial charge in [-0.15, -0.1) is 0 Å². The normalized spacial score (nSPS) is 19.4. The second-order valence-corrected chi connectivity index (χ2v) is 8.23. The van der Waals surface area contributed by atoms with Gasteiger partial charge in [-0.05, 0) is 32.0 Å². The third kappa shape index (κ3) is 5.56. The second kappa shape index (κ2) is 9.54. The summed E-state index contributed by atoms with van der Waals surface area (Å²) in [4.78, 5) is 16.8. The number of nitrogens with one attached hydrogen (secondary N) is 1. The lowest BCUT2D eigenvalue weighted by atomic mass is 10.2. The zero-order valence-electron chi connectivity index (χ0n) is 17.5. The third-order valence-corrected chi connectivity index (χ3v) is 5.28. The summed E-state index contributed by atoms with van der Waals surface area (Å²) in [5.74, 6) is 1.52. The van der Waals surface area contributed by atoms with Crippen LogP contribution >= 0.6 is 0 Å². The van der Waals surface area contributed by atoms with Crippen LogP contribution in [0, 0.1) is 5.92 Å². The number of benzene rings is 1. The molecule has 2 unspecified atom stereocenters. The van der Waals surface area contributed by atoms with E-state index in [4.69, 9.17) is 9.15 Å². The van der Waals surface area contributed by atoms with Gasteiger partial charge in [-0.25, -0.2) is 0 Å². The quantitative estimate of drug-likeness (QED) is 0.755. The van der Waals surface area contributed by atoms with Gasteiger partial charge in [-0.2, -0.15) is 0 Å². The Morgan fingerprint density at radius 1 is 1.32 bits per heavy atom. The number of carbonyl (C=O) groups excluding carboxylic acids is 1. The van der Waals surface area contributed by atoms with Crippen molar-refractivity contribution >= 4 is 16.9 Å². The van der Waals surface area contributed by atoms with Crippen LogP contribution in [0.5, 0.6) is 0 Å². The molecule has 3 rings (SSSR count). The molecule has 28 heavy (non-hydrogen) atoms. The van der Waals surface area contributed by atoms with E-state index in [-0.39, 0.29) is 18.1 Å². The zero-order chi connectivity index (χ0) is 20.1. The van der Waals surface area contributed by atoms with Crippen LogP contribution in [-0.4, -0.2) is 68.2 Å². The van der Waals surface area contributed by atoms with E-state index in [1.54, 1.807) is 0 Å². The molecule has 2 atom stereocenters. The highest BCUT2D eigenvalue weighted by Gasteiger charge is 2.23. The van der Waals surface area contributed by atoms with Crippen LogP contribution in [-0.2, 0) is 9.53 Å². The standard InChI is InChI=1S/C22H33N3O3/c1-16(2)13-25-9-10-27-19(14-25)12-23-22(26)15-24(4)17(3)21-11-18-7-5-6-8-20(18)28-21/h5-8,11,16-17,19H,9-10,12-15H2,1-4H3,(H,23,26). The number of nitrogens with zero attached hydrogens (tertiary/aromatic N) is 2. The molecule has 1 aromatic carbocycles. The van der Waals surface area contributed by atoms with Crippen LogP contribution in [0.3, 0.4) is 0 Å². The highest BCUT2D eigenvalue weighted by Crippen LogP contribution is 2.26. The van der Waals surface area contributed by atoms with Crippen LogP contribution < -0.4 is 5.32 Å². The molecule has 0 radical (unpaired) electrons. The number of carbonyl (C=O) groups is 1. The SMILES string of the molecule is CC(C)CN1CCOC(CNC(=O)CN(C)C(C)c2cc3ccccc3o2)C1. The van der Waals surface area contributed by atoms with E-state index in [1.807, 2.05) is 42.3 Å². The van der Waals surface area contributed by atoms with Gasteiger partial charge < -0.3 is 14.5 Å². The topological polar surface area (TPSA) is 58.0 Å². The number of amides is 1. The summed E-state index contributed by atoms with van der Waals surface area (Å²) in [6, 6.07) is 10.0. The van der Waals surface area contributed by atoms with Gasteiger partial charge in [0.25, 0.3) is 0 Å². The average Bonchev–Trinajstić information content (AvgIpc) is 3.09. The monoisotopic (exact) mass is 387 g/mol. The minimum absolute atomic E-state index is 0.00930. The fraction of sp³-hybridized carbons (Fsp3) is 0.591. The zero-order valence-corrected chi connectivity index (χ0v) is 17.5. The van der Waals surface area contributed by atoms with Crippen molar-refractivity contribution in [3.8, 4) is 0 Å². The molecule has 6 nitrogen and oxygen atoms in total. The van der Waals surface area contributed by atoms with Gasteiger partial charge >= 0.3 is 0 Å². The van der Waals surface area contributed by atoms with Crippen molar-refractivity contribution in [1.29, 1.82) is 0 Å². The van der Waals surface area contributed by atoms with Crippen molar-refractivity contribution in [3.05, 3.63) is 36.1 Å². The van der Waals surface area contributed by atoms with Crippen molar-refractivity contribution in [2.45, 2.75) is 32.9 Å². The molecule has 1 aliphatic rings. The maximum atomic E-state index is 12.4. The van der Waals surface area contributed by atoms with Crippen molar-refractivity contribution in [2.24, 2.45) is 5.92 Å². The number of furan rings is 1. The van der Waals surface area contributed by atoms with E-state index in [0.717, 1.165) is 43.0 Å². The summed E-state index contributed by atoms with van der Waals surface area (Å²) < 4.78 is 11.7. The Morgan fingerprint density at radius 3 is 2.86 bits per heavy atom. The fourth-order valence-electron chi connectivity index (χ4n) is 3.66. The number of morpholine rings is 1. The summed E-state index contributed by atoms with van der Waals surface area (Å²) in [5, 5.41) is 4.11. The van der Waals surface area contributed by atoms with Crippen molar-refractivity contribution in [1.82, 2.24) is 15.1 Å². The predicted molar refractivity (Wildman–Crippen MR) is 111 cm³/mol. The predicted octanol–water partition coefficient (Wildman–Crippen LogP) is 2.90. The van der Waals surface area contributed by atoms with Crippen molar-refractivity contribution < 1.29 is 13.9 Å². The van der Waals surface area contributed by atoms with E-state index in [1.165, 1.54) is 0 Å². The van der Waals surface area contributed by atoms with Gasteiger partial charge in [0.2, 0.25) is 5.91 Å². The molecule has 6 heteroatoms. The Hall–Kier alpha value is -1.89. The molecule has 154 valence electrons. The Bertz CT molecular complexity index is 740. The van der Waals surface area contributed by atoms with E-state index in [9.17, 15) is 4.79 Å². The van der Waals surface area contributed by atoms with Crippen molar-refractivity contribution in [3.63, 3.8) is 0 Å². The molecule has 1 aromatic heterocycles. The lowest BCUT2D eigenvalue weighted by Crippen LogP contribution is -2.49. The number of hydrogen-bond donors (Lipinski definition) is 1. The van der Waals surface area contributed by atoms with Crippen molar-refractivity contribution in [2.75, 3.05) is 46.4 Å². The van der Waals surface area contributed by atoms with Gasteiger partial charge in [0.05, 0.1) is 25.3 Å². The molecule has 0 spiro atoms. The number of fused-ring (bicyclic) bond motifs is 1. The van der Waals surface area contributed by atoms with E-state index < -0.39 is 0 Å². The molecule has 2 heterocycles. The molecule has 0 aliphatic carbocycles. The maximum Gasteiger partial charge on any atom is 0.234 e. The van der Waals surface area contributed by atoms with Gasteiger partial charge in [-0.3, -0.25) is 14.6 Å². The van der Waals surface area contributed by atoms with Gasteiger partial charge in [-0.1, -0.05) is 32.0 Å². The maximum absolute atomic E-state index is 12.4. The molecule has 1 N–H and O–H groups in total. The molecule has 2 aromatic rings. The smallest absolute Gasteiger partial charge is 0.234 e. The first-order chi connectivity index (χ1) is 13.4. The Balaban J connectivity index is 1.46. The average molecular weight is 388 g/mol. The highest BCUT2D eigenvalue weighted by molar-refractivity contribution is 5.79. The minimum atomic E-state index is 0.00930. The number of hydrogen-bond acceptors (Lipinski definition) is 5. The Morgan fingerprint density at radius 2 is 2.11 bits per heavy atom. The van der Waals surface area contributed by atoms with Gasteiger partial charge in [0.15, 0.2) is 0 Å². The number of ether oxygens (including phenoxy) is 1. The largest absolute Gasteiger partial charge is 0.459 e.